The number of hydrazine groups is 1. The molecule has 0 atom stereocenters. The van der Waals surface area contributed by atoms with Gasteiger partial charge in [0.05, 0.1) is 5.75 Å². The molecule has 1 amide bonds. The minimum Gasteiger partial charge on any atom is -0.411 e. The van der Waals surface area contributed by atoms with Gasteiger partial charge >= 0.3 is 0 Å². The maximum atomic E-state index is 12.9. The number of halogens is 1. The van der Waals surface area contributed by atoms with Gasteiger partial charge in [-0.05, 0) is 57.3 Å². The Balaban J connectivity index is 1.79. The topological polar surface area (TPSA) is 92.1 Å². The summed E-state index contributed by atoms with van der Waals surface area (Å²) in [7, 11) is 0. The molecule has 0 aliphatic carbocycles. The van der Waals surface area contributed by atoms with Crippen LogP contribution < -0.4 is 16.2 Å². The molecule has 0 aliphatic rings. The molecule has 134 valence electrons. The molecule has 1 heterocycles. The van der Waals surface area contributed by atoms with Gasteiger partial charge in [0.1, 0.15) is 5.82 Å². The first-order chi connectivity index (χ1) is 11.7. The van der Waals surface area contributed by atoms with Gasteiger partial charge in [-0.3, -0.25) is 15.6 Å². The first-order valence-corrected chi connectivity index (χ1v) is 8.71. The lowest BCUT2D eigenvalue weighted by Crippen LogP contribution is -2.52. The Morgan fingerprint density at radius 2 is 1.92 bits per heavy atom. The van der Waals surface area contributed by atoms with E-state index in [1.165, 1.54) is 24.3 Å². The van der Waals surface area contributed by atoms with Gasteiger partial charge in [0.25, 0.3) is 5.22 Å². The molecule has 0 saturated carbocycles. The van der Waals surface area contributed by atoms with Crippen LogP contribution in [0.3, 0.4) is 0 Å². The Hall–Kier alpha value is -2.20. The molecule has 0 spiro atoms. The van der Waals surface area contributed by atoms with Crippen molar-refractivity contribution in [2.45, 2.75) is 31.5 Å². The molecule has 0 bridgehead atoms. The van der Waals surface area contributed by atoms with Crippen molar-refractivity contribution in [2.75, 3.05) is 5.75 Å². The quantitative estimate of drug-likeness (QED) is 0.421. The Kier molecular flexibility index (Phi) is 6.32. The zero-order chi connectivity index (χ0) is 18.4. The van der Waals surface area contributed by atoms with Crippen molar-refractivity contribution in [2.24, 2.45) is 0 Å². The highest BCUT2D eigenvalue weighted by Gasteiger charge is 2.13. The summed E-state index contributed by atoms with van der Waals surface area (Å²) in [5.41, 5.74) is 5.49. The van der Waals surface area contributed by atoms with Crippen molar-refractivity contribution in [3.8, 4) is 11.5 Å². The summed E-state index contributed by atoms with van der Waals surface area (Å²) in [4.78, 5) is 11.8. The highest BCUT2D eigenvalue weighted by Crippen LogP contribution is 2.23. The van der Waals surface area contributed by atoms with Crippen LogP contribution in [-0.4, -0.2) is 32.5 Å². The Morgan fingerprint density at radius 3 is 2.56 bits per heavy atom. The first-order valence-electron chi connectivity index (χ1n) is 7.32. The number of aromatic nitrogens is 2. The molecule has 2 rings (SSSR count). The molecule has 0 unspecified atom stereocenters. The van der Waals surface area contributed by atoms with Gasteiger partial charge in [0.2, 0.25) is 11.8 Å². The first kappa shape index (κ1) is 19.1. The number of rotatable bonds is 4. The average Bonchev–Trinajstić information content (AvgIpc) is 2.99. The SMILES string of the molecule is CC(C)(C)NC(=S)NNC(=O)CSc1nnc(-c2ccc(F)cc2)o1. The van der Waals surface area contributed by atoms with Gasteiger partial charge in [-0.25, -0.2) is 4.39 Å². The standard InChI is InChI=1S/C15H18FN5O2S2/c1-15(2,3)17-13(24)20-18-11(22)8-25-14-21-19-12(23-14)9-4-6-10(16)7-5-9/h4-7H,8H2,1-3H3,(H,18,22)(H2,17,20,24). The van der Waals surface area contributed by atoms with Crippen molar-refractivity contribution in [3.63, 3.8) is 0 Å². The number of thiocarbonyl (C=S) groups is 1. The smallest absolute Gasteiger partial charge is 0.277 e. The molecule has 2 aromatic rings. The van der Waals surface area contributed by atoms with Gasteiger partial charge in [0.15, 0.2) is 5.11 Å². The van der Waals surface area contributed by atoms with Crippen LogP contribution in [0, 0.1) is 5.82 Å². The number of benzene rings is 1. The van der Waals surface area contributed by atoms with E-state index < -0.39 is 0 Å². The van der Waals surface area contributed by atoms with Crippen molar-refractivity contribution in [3.05, 3.63) is 30.1 Å². The highest BCUT2D eigenvalue weighted by atomic mass is 32.2. The van der Waals surface area contributed by atoms with Crippen LogP contribution >= 0.6 is 24.0 Å². The second kappa shape index (κ2) is 8.26. The number of amides is 1. The van der Waals surface area contributed by atoms with E-state index in [2.05, 4.69) is 26.4 Å². The maximum Gasteiger partial charge on any atom is 0.277 e. The van der Waals surface area contributed by atoms with Crippen LogP contribution in [0.1, 0.15) is 20.8 Å². The van der Waals surface area contributed by atoms with Crippen LogP contribution in [0.2, 0.25) is 0 Å². The molecule has 25 heavy (non-hydrogen) atoms. The minimum absolute atomic E-state index is 0.0657. The maximum absolute atomic E-state index is 12.9. The van der Waals surface area contributed by atoms with E-state index >= 15 is 0 Å². The van der Waals surface area contributed by atoms with E-state index in [-0.39, 0.29) is 34.1 Å². The fraction of sp³-hybridized carbons (Fsp3) is 0.333. The second-order valence-corrected chi connectivity index (χ2v) is 7.38. The lowest BCUT2D eigenvalue weighted by Gasteiger charge is -2.22. The average molecular weight is 383 g/mol. The molecule has 10 heteroatoms. The normalized spacial score (nSPS) is 11.0. The Morgan fingerprint density at radius 1 is 1.24 bits per heavy atom. The number of nitrogens with one attached hydrogen (secondary N) is 3. The zero-order valence-corrected chi connectivity index (χ0v) is 15.6. The van der Waals surface area contributed by atoms with E-state index in [9.17, 15) is 9.18 Å². The Labute approximate surface area is 154 Å². The van der Waals surface area contributed by atoms with Gasteiger partial charge in [-0.2, -0.15) is 0 Å². The molecular weight excluding hydrogens is 365 g/mol. The third-order valence-electron chi connectivity index (χ3n) is 2.63. The van der Waals surface area contributed by atoms with E-state index in [1.54, 1.807) is 0 Å². The van der Waals surface area contributed by atoms with E-state index in [4.69, 9.17) is 16.6 Å². The van der Waals surface area contributed by atoms with Crippen LogP contribution in [-0.2, 0) is 4.79 Å². The number of thioether (sulfide) groups is 1. The number of hydrogen-bond donors (Lipinski definition) is 3. The monoisotopic (exact) mass is 383 g/mol. The summed E-state index contributed by atoms with van der Waals surface area (Å²) in [6.07, 6.45) is 0. The van der Waals surface area contributed by atoms with E-state index in [0.29, 0.717) is 10.7 Å². The van der Waals surface area contributed by atoms with Crippen LogP contribution in [0.5, 0.6) is 0 Å². The van der Waals surface area contributed by atoms with E-state index in [0.717, 1.165) is 11.8 Å². The Bertz CT molecular complexity index is 743. The van der Waals surface area contributed by atoms with Crippen LogP contribution in [0.25, 0.3) is 11.5 Å². The summed E-state index contributed by atoms with van der Waals surface area (Å²) in [5, 5.41) is 11.3. The van der Waals surface area contributed by atoms with Crippen molar-refractivity contribution >= 4 is 35.0 Å². The molecule has 0 radical (unpaired) electrons. The predicted octanol–water partition coefficient (Wildman–Crippen LogP) is 2.26. The number of carbonyl (C=O) groups excluding carboxylic acids is 1. The lowest BCUT2D eigenvalue weighted by molar-refractivity contribution is -0.119. The van der Waals surface area contributed by atoms with Gasteiger partial charge in [-0.1, -0.05) is 11.8 Å². The molecule has 0 aliphatic heterocycles. The lowest BCUT2D eigenvalue weighted by atomic mass is 10.1. The summed E-state index contributed by atoms with van der Waals surface area (Å²) in [5.74, 6) is -0.321. The van der Waals surface area contributed by atoms with Crippen molar-refractivity contribution in [1.82, 2.24) is 26.4 Å². The molecule has 1 aromatic carbocycles. The van der Waals surface area contributed by atoms with Gasteiger partial charge in [0, 0.05) is 11.1 Å². The molecule has 7 nitrogen and oxygen atoms in total. The number of carbonyl (C=O) groups is 1. The zero-order valence-electron chi connectivity index (χ0n) is 13.9. The van der Waals surface area contributed by atoms with Crippen molar-refractivity contribution in [1.29, 1.82) is 0 Å². The minimum atomic E-state index is -0.346. The third-order valence-corrected chi connectivity index (χ3v) is 3.65. The third kappa shape index (κ3) is 6.67. The predicted molar refractivity (Wildman–Crippen MR) is 97.2 cm³/mol. The summed E-state index contributed by atoms with van der Waals surface area (Å²) in [6, 6.07) is 5.69. The van der Waals surface area contributed by atoms with Gasteiger partial charge < -0.3 is 9.73 Å². The molecule has 3 N–H and O–H groups in total. The molecule has 1 aromatic heterocycles. The van der Waals surface area contributed by atoms with Gasteiger partial charge in [-0.15, -0.1) is 10.2 Å². The van der Waals surface area contributed by atoms with Crippen LogP contribution in [0.4, 0.5) is 4.39 Å². The van der Waals surface area contributed by atoms with E-state index in [1.807, 2.05) is 20.8 Å². The molecule has 0 saturated heterocycles. The fourth-order valence-electron chi connectivity index (χ4n) is 1.64. The molecular formula is C15H18FN5O2S2. The number of hydrogen-bond acceptors (Lipinski definition) is 6. The second-order valence-electron chi connectivity index (χ2n) is 6.05. The summed E-state index contributed by atoms with van der Waals surface area (Å²) in [6.45, 7) is 5.85. The summed E-state index contributed by atoms with van der Waals surface area (Å²) >= 11 is 6.14. The number of nitrogens with zero attached hydrogens (tertiary/aromatic N) is 2. The highest BCUT2D eigenvalue weighted by molar-refractivity contribution is 7.99. The summed E-state index contributed by atoms with van der Waals surface area (Å²) < 4.78 is 18.3. The molecule has 0 fully saturated rings. The largest absolute Gasteiger partial charge is 0.411 e. The van der Waals surface area contributed by atoms with Crippen LogP contribution in [0.15, 0.2) is 33.9 Å². The fourth-order valence-corrected chi connectivity index (χ4v) is 2.56. The van der Waals surface area contributed by atoms with Crippen molar-refractivity contribution < 1.29 is 13.6 Å².